The maximum Gasteiger partial charge on any atom is 0.408 e. The highest BCUT2D eigenvalue weighted by molar-refractivity contribution is 7.61. The molecule has 2 aromatic heterocycles. The Labute approximate surface area is 342 Å². The van der Waals surface area contributed by atoms with Gasteiger partial charge in [-0.1, -0.05) is 26.8 Å². The highest BCUT2D eigenvalue weighted by Crippen LogP contribution is 2.69. The van der Waals surface area contributed by atoms with E-state index in [2.05, 4.69) is 22.5 Å². The zero-order valence-corrected chi connectivity index (χ0v) is 35.5. The lowest BCUT2D eigenvalue weighted by Gasteiger charge is -2.35. The van der Waals surface area contributed by atoms with Gasteiger partial charge in [0.1, 0.15) is 52.9 Å². The number of nitrogens with two attached hydrogens (primary N) is 1. The lowest BCUT2D eigenvalue weighted by molar-refractivity contribution is -0.142. The monoisotopic (exact) mass is 839 g/mol. The van der Waals surface area contributed by atoms with E-state index in [1.807, 2.05) is 25.3 Å². The highest BCUT2D eigenvalue weighted by atomic mass is 32.1. The van der Waals surface area contributed by atoms with Gasteiger partial charge in [0, 0.05) is 41.3 Å². The number of aromatic nitrogens is 2. The number of fused-ring (bicyclic) bond motifs is 1. The normalized spacial score (nSPS) is 23.5. The lowest BCUT2D eigenvalue weighted by atomic mass is 9.85. The minimum absolute atomic E-state index is 0.0181. The molecule has 58 heavy (non-hydrogen) atoms. The summed E-state index contributed by atoms with van der Waals surface area (Å²) in [6.45, 7) is 13.1. The first kappa shape index (κ1) is 42.9. The van der Waals surface area contributed by atoms with Crippen LogP contribution in [0.1, 0.15) is 73.1 Å². The molecule has 1 aliphatic heterocycles. The molecule has 0 bridgehead atoms. The average molecular weight is 840 g/mol. The number of nitrogens with one attached hydrogen (secondary N) is 3. The van der Waals surface area contributed by atoms with Crippen molar-refractivity contribution in [2.45, 2.75) is 109 Å². The molecule has 6 atom stereocenters. The van der Waals surface area contributed by atoms with Crippen LogP contribution >= 0.6 is 18.7 Å². The second-order valence-corrected chi connectivity index (χ2v) is 20.1. The molecular weight excluding hydrogens is 786 g/mol. The molecule has 6 rings (SSSR count). The zero-order chi connectivity index (χ0) is 42.2. The first-order chi connectivity index (χ1) is 27.3. The number of likely N-dealkylation sites (tertiary alicyclic amines) is 1. The summed E-state index contributed by atoms with van der Waals surface area (Å²) < 4.78 is 31.5. The molecule has 2 aliphatic carbocycles. The summed E-state index contributed by atoms with van der Waals surface area (Å²) in [6, 6.07) is 4.97. The third kappa shape index (κ3) is 9.26. The van der Waals surface area contributed by atoms with Crippen LogP contribution in [0.5, 0.6) is 11.5 Å². The van der Waals surface area contributed by atoms with Gasteiger partial charge in [0.2, 0.25) is 25.1 Å². The summed E-state index contributed by atoms with van der Waals surface area (Å²) >= 11 is 1.44. The van der Waals surface area contributed by atoms with E-state index in [0.717, 1.165) is 30.8 Å². The average Bonchev–Trinajstić information content (AvgIpc) is 3.54. The van der Waals surface area contributed by atoms with E-state index in [0.29, 0.717) is 33.8 Å². The Hall–Kier alpha value is -4.73. The molecule has 16 nitrogen and oxygen atoms in total. The number of nitrogens with zero attached hydrogens (tertiary/aromatic N) is 3. The van der Waals surface area contributed by atoms with Crippen LogP contribution in [0.3, 0.4) is 0 Å². The highest BCUT2D eigenvalue weighted by Gasteiger charge is 2.66. The van der Waals surface area contributed by atoms with Crippen molar-refractivity contribution in [2.24, 2.45) is 17.1 Å². The van der Waals surface area contributed by atoms with Crippen molar-refractivity contribution in [2.75, 3.05) is 25.1 Å². The van der Waals surface area contributed by atoms with Crippen LogP contribution in [0.2, 0.25) is 0 Å². The minimum Gasteiger partial charge on any atom is -0.497 e. The second-order valence-electron chi connectivity index (χ2n) is 16.7. The summed E-state index contributed by atoms with van der Waals surface area (Å²) in [5, 5.41) is 10.4. The zero-order valence-electron chi connectivity index (χ0n) is 33.8. The van der Waals surface area contributed by atoms with Gasteiger partial charge in [-0.15, -0.1) is 17.9 Å². The van der Waals surface area contributed by atoms with Gasteiger partial charge in [-0.3, -0.25) is 18.9 Å². The van der Waals surface area contributed by atoms with Gasteiger partial charge in [-0.05, 0) is 63.5 Å². The van der Waals surface area contributed by atoms with E-state index < -0.39 is 72.1 Å². The Kier molecular flexibility index (Phi) is 12.5. The Morgan fingerprint density at radius 1 is 1.14 bits per heavy atom. The van der Waals surface area contributed by atoms with Crippen molar-refractivity contribution in [1.29, 1.82) is 0 Å². The molecule has 3 aromatic rings. The van der Waals surface area contributed by atoms with Crippen molar-refractivity contribution < 1.29 is 42.8 Å². The van der Waals surface area contributed by atoms with Gasteiger partial charge in [0.25, 0.3) is 0 Å². The predicted molar refractivity (Wildman–Crippen MR) is 221 cm³/mol. The van der Waals surface area contributed by atoms with Crippen LogP contribution in [0.4, 0.5) is 9.93 Å². The predicted octanol–water partition coefficient (Wildman–Crippen LogP) is 5.39. The fourth-order valence-electron chi connectivity index (χ4n) is 7.75. The van der Waals surface area contributed by atoms with Crippen molar-refractivity contribution >= 4 is 58.6 Å². The molecule has 4 amide bonds. The Balaban J connectivity index is 1.35. The minimum atomic E-state index is -4.39. The van der Waals surface area contributed by atoms with E-state index in [1.165, 1.54) is 22.3 Å². The Morgan fingerprint density at radius 3 is 2.48 bits per heavy atom. The molecule has 3 heterocycles. The summed E-state index contributed by atoms with van der Waals surface area (Å²) in [5.41, 5.74) is 6.22. The lowest BCUT2D eigenvalue weighted by Crippen LogP contribution is -2.58. The number of pyridine rings is 1. The molecule has 3 fully saturated rings. The third-order valence-corrected chi connectivity index (χ3v) is 14.2. The maximum absolute atomic E-state index is 14.7. The number of carbonyl (C=O) groups excluding carboxylic acids is 4. The SMILES string of the molecule is C=C[C@@H]1C[C@]1(NC(=O)[C@@H]1C[C@@H](Oc2cc(-c3csc(NC(C)C)n3)nc3cc(OC)ccc23)CN1C(=O)[C@@H](NC(=O)OC1CCCC1)C(C)(C)C)P(=O)(O)CC(N)=O. The number of amides is 4. The van der Waals surface area contributed by atoms with Crippen molar-refractivity contribution in [3.63, 3.8) is 0 Å². The van der Waals surface area contributed by atoms with Gasteiger partial charge in [-0.2, -0.15) is 0 Å². The molecule has 3 aliphatic rings. The topological polar surface area (TPSA) is 224 Å². The van der Waals surface area contributed by atoms with Gasteiger partial charge in [0.05, 0.1) is 24.9 Å². The molecule has 1 unspecified atom stereocenters. The van der Waals surface area contributed by atoms with Crippen molar-refractivity contribution in [1.82, 2.24) is 25.5 Å². The number of carbonyl (C=O) groups is 4. The van der Waals surface area contributed by atoms with Crippen molar-refractivity contribution in [3.8, 4) is 22.9 Å². The van der Waals surface area contributed by atoms with E-state index in [1.54, 1.807) is 46.1 Å². The number of ether oxygens (including phenoxy) is 3. The number of rotatable bonds is 15. The number of hydrogen-bond donors (Lipinski definition) is 5. The van der Waals surface area contributed by atoms with Crippen LogP contribution in [0.25, 0.3) is 22.3 Å². The van der Waals surface area contributed by atoms with Gasteiger partial charge in [-0.25, -0.2) is 14.8 Å². The largest absolute Gasteiger partial charge is 0.497 e. The quantitative estimate of drug-likeness (QED) is 0.0960. The Morgan fingerprint density at radius 2 is 1.86 bits per heavy atom. The number of alkyl carbamates (subject to hydrolysis) is 1. The summed E-state index contributed by atoms with van der Waals surface area (Å²) in [7, 11) is -2.83. The molecule has 1 aromatic carbocycles. The second kappa shape index (κ2) is 16.9. The molecule has 6 N–H and O–H groups in total. The summed E-state index contributed by atoms with van der Waals surface area (Å²) in [4.78, 5) is 76.3. The number of hydrogen-bond acceptors (Lipinski definition) is 12. The molecule has 18 heteroatoms. The smallest absolute Gasteiger partial charge is 0.408 e. The van der Waals surface area contributed by atoms with Gasteiger partial charge in [0.15, 0.2) is 5.13 Å². The molecule has 314 valence electrons. The van der Waals surface area contributed by atoms with E-state index >= 15 is 0 Å². The molecular formula is C40H54N7O9PS. The summed E-state index contributed by atoms with van der Waals surface area (Å²) in [6.07, 6.45) is 2.28. The maximum atomic E-state index is 14.7. The number of benzene rings is 1. The van der Waals surface area contributed by atoms with E-state index in [4.69, 9.17) is 29.9 Å². The number of thiazole rings is 1. The van der Waals surface area contributed by atoms with E-state index in [-0.39, 0.29) is 31.5 Å². The van der Waals surface area contributed by atoms with Crippen LogP contribution in [0, 0.1) is 11.3 Å². The number of primary amides is 1. The van der Waals surface area contributed by atoms with Crippen molar-refractivity contribution in [3.05, 3.63) is 42.3 Å². The fraction of sp³-hybridized carbons (Fsp3) is 0.550. The van der Waals surface area contributed by atoms with Crippen LogP contribution in [-0.4, -0.2) is 99.0 Å². The standard InChI is InChI=1S/C40H54N7O9PS/c1-8-23-18-40(23,57(52,53)20-33(41)48)46-35(49)31-16-26(19-47(31)36(50)34(39(4,5)6)45-38(51)56-24-11-9-10-12-24)55-32-17-29(30-21-58-37(44-30)42-22(2)3)43-28-15-25(54-7)13-14-27(28)32/h8,13-15,17,21-24,26,31,34H,1,9-12,16,18-20H2,2-7H3,(H2,41,48)(H,42,44)(H,45,51)(H,46,49)(H,52,53)/t23-,26-,31+,34-,40+/m1/s1. The Bertz CT molecular complexity index is 2120. The van der Waals surface area contributed by atoms with Crippen LogP contribution in [-0.2, 0) is 23.7 Å². The third-order valence-electron chi connectivity index (χ3n) is 10.9. The fourth-order valence-corrected chi connectivity index (χ4v) is 10.7. The summed E-state index contributed by atoms with van der Waals surface area (Å²) in [5.74, 6) is -1.88. The first-order valence-electron chi connectivity index (χ1n) is 19.5. The van der Waals surface area contributed by atoms with Crippen LogP contribution < -0.4 is 31.2 Å². The molecule has 2 saturated carbocycles. The molecule has 1 saturated heterocycles. The van der Waals surface area contributed by atoms with Crippen LogP contribution in [0.15, 0.2) is 42.3 Å². The first-order valence-corrected chi connectivity index (χ1v) is 22.3. The van der Waals surface area contributed by atoms with Gasteiger partial charge < -0.3 is 45.7 Å². The van der Waals surface area contributed by atoms with Gasteiger partial charge >= 0.3 is 6.09 Å². The number of anilines is 1. The van der Waals surface area contributed by atoms with E-state index in [9.17, 15) is 28.6 Å². The molecule has 0 spiro atoms. The number of methoxy groups -OCH3 is 1. The molecule has 0 radical (unpaired) electrons.